The molecule has 0 bridgehead atoms. The van der Waals surface area contributed by atoms with Gasteiger partial charge >= 0.3 is 0 Å². The second kappa shape index (κ2) is 5.76. The third-order valence-electron chi connectivity index (χ3n) is 3.40. The predicted octanol–water partition coefficient (Wildman–Crippen LogP) is 1.87. The normalized spacial score (nSPS) is 18.3. The van der Waals surface area contributed by atoms with Crippen molar-refractivity contribution in [1.29, 1.82) is 0 Å². The summed E-state index contributed by atoms with van der Waals surface area (Å²) in [6, 6.07) is 10.3. The summed E-state index contributed by atoms with van der Waals surface area (Å²) >= 11 is 1.74. The van der Waals surface area contributed by atoms with E-state index >= 15 is 0 Å². The summed E-state index contributed by atoms with van der Waals surface area (Å²) in [6.45, 7) is 0. The van der Waals surface area contributed by atoms with Gasteiger partial charge in [-0.3, -0.25) is 10.1 Å². The number of amides is 1. The number of hydrogen-bond acceptors (Lipinski definition) is 3. The highest BCUT2D eigenvalue weighted by molar-refractivity contribution is 7.98. The minimum Gasteiger partial charge on any atom is -0.368 e. The third-order valence-corrected chi connectivity index (χ3v) is 4.01. The van der Waals surface area contributed by atoms with E-state index in [9.17, 15) is 4.79 Å². The summed E-state index contributed by atoms with van der Waals surface area (Å²) in [4.78, 5) is 12.0. The largest absolute Gasteiger partial charge is 0.368 e. The molecule has 0 aromatic heterocycles. The van der Waals surface area contributed by atoms with E-state index < -0.39 is 5.54 Å². The zero-order valence-corrected chi connectivity index (χ0v) is 11.5. The lowest BCUT2D eigenvalue weighted by atomic mass is 9.86. The summed E-state index contributed by atoms with van der Waals surface area (Å²) in [5.74, 6) is 0.645. The van der Waals surface area contributed by atoms with Crippen LogP contribution in [0.5, 0.6) is 0 Å². The molecule has 1 fully saturated rings. The van der Waals surface area contributed by atoms with Crippen molar-refractivity contribution in [1.82, 2.24) is 5.32 Å². The maximum Gasteiger partial charge on any atom is 0.242 e. The standard InChI is InChI=1S/C14H20N2OS/c1-18-10-9-14(13(15)17,16-12-7-8-12)11-5-3-2-4-6-11/h2-6,12,16H,7-10H2,1H3,(H2,15,17). The van der Waals surface area contributed by atoms with Gasteiger partial charge in [0.2, 0.25) is 5.91 Å². The first-order valence-corrected chi connectivity index (χ1v) is 7.70. The van der Waals surface area contributed by atoms with Crippen LogP contribution in [0.1, 0.15) is 24.8 Å². The fourth-order valence-electron chi connectivity index (χ4n) is 2.19. The summed E-state index contributed by atoms with van der Waals surface area (Å²) in [6.07, 6.45) is 5.07. The number of benzene rings is 1. The molecular weight excluding hydrogens is 244 g/mol. The van der Waals surface area contributed by atoms with Gasteiger partial charge in [-0.25, -0.2) is 0 Å². The van der Waals surface area contributed by atoms with Crippen molar-refractivity contribution in [3.8, 4) is 0 Å². The van der Waals surface area contributed by atoms with Gasteiger partial charge in [0.25, 0.3) is 0 Å². The van der Waals surface area contributed by atoms with Crippen molar-refractivity contribution in [2.75, 3.05) is 12.0 Å². The molecule has 3 N–H and O–H groups in total. The van der Waals surface area contributed by atoms with Crippen molar-refractivity contribution < 1.29 is 4.79 Å². The zero-order valence-electron chi connectivity index (χ0n) is 10.7. The molecule has 1 aromatic rings. The first kappa shape index (κ1) is 13.4. The molecule has 2 rings (SSSR count). The second-order valence-corrected chi connectivity index (χ2v) is 5.78. The average Bonchev–Trinajstić information content (AvgIpc) is 3.19. The van der Waals surface area contributed by atoms with Crippen LogP contribution in [0.3, 0.4) is 0 Å². The number of carbonyl (C=O) groups is 1. The first-order valence-electron chi connectivity index (χ1n) is 6.31. The number of rotatable bonds is 7. The van der Waals surface area contributed by atoms with Crippen molar-refractivity contribution in [2.24, 2.45) is 5.73 Å². The van der Waals surface area contributed by atoms with Crippen LogP contribution in [0, 0.1) is 0 Å². The quantitative estimate of drug-likeness (QED) is 0.790. The summed E-state index contributed by atoms with van der Waals surface area (Å²) in [7, 11) is 0. The Labute approximate surface area is 113 Å². The van der Waals surface area contributed by atoms with Crippen LogP contribution in [0.15, 0.2) is 30.3 Å². The van der Waals surface area contributed by atoms with Gasteiger partial charge in [-0.15, -0.1) is 0 Å². The highest BCUT2D eigenvalue weighted by Crippen LogP contribution is 2.32. The number of nitrogens with one attached hydrogen (secondary N) is 1. The Morgan fingerprint density at radius 2 is 2.11 bits per heavy atom. The Balaban J connectivity index is 2.31. The Bertz CT molecular complexity index is 406. The molecule has 0 aliphatic heterocycles. The maximum atomic E-state index is 12.0. The highest BCUT2D eigenvalue weighted by Gasteiger charge is 2.42. The van der Waals surface area contributed by atoms with E-state index in [0.29, 0.717) is 6.04 Å². The molecule has 0 saturated heterocycles. The van der Waals surface area contributed by atoms with Crippen LogP contribution >= 0.6 is 11.8 Å². The van der Waals surface area contributed by atoms with Crippen LogP contribution in [0.4, 0.5) is 0 Å². The molecular formula is C14H20N2OS. The smallest absolute Gasteiger partial charge is 0.242 e. The van der Waals surface area contributed by atoms with E-state index in [0.717, 1.165) is 30.6 Å². The van der Waals surface area contributed by atoms with E-state index in [1.54, 1.807) is 11.8 Å². The molecule has 18 heavy (non-hydrogen) atoms. The molecule has 4 heteroatoms. The number of nitrogens with two attached hydrogens (primary N) is 1. The predicted molar refractivity (Wildman–Crippen MR) is 76.5 cm³/mol. The van der Waals surface area contributed by atoms with Crippen molar-refractivity contribution in [3.63, 3.8) is 0 Å². The molecule has 1 atom stereocenters. The first-order chi connectivity index (χ1) is 8.69. The van der Waals surface area contributed by atoms with Crippen LogP contribution < -0.4 is 11.1 Å². The summed E-state index contributed by atoms with van der Waals surface area (Å²) in [5, 5.41) is 3.47. The molecule has 0 heterocycles. The van der Waals surface area contributed by atoms with Crippen molar-refractivity contribution in [2.45, 2.75) is 30.8 Å². The van der Waals surface area contributed by atoms with Gasteiger partial charge in [0.05, 0.1) is 0 Å². The molecule has 0 radical (unpaired) electrons. The molecule has 3 nitrogen and oxygen atoms in total. The van der Waals surface area contributed by atoms with E-state index in [1.165, 1.54) is 0 Å². The lowest BCUT2D eigenvalue weighted by Crippen LogP contribution is -2.54. The minimum atomic E-state index is -0.703. The zero-order chi connectivity index (χ0) is 13.0. The minimum absolute atomic E-state index is 0.269. The fraction of sp³-hybridized carbons (Fsp3) is 0.500. The Morgan fingerprint density at radius 3 is 2.61 bits per heavy atom. The number of carbonyl (C=O) groups excluding carboxylic acids is 1. The van der Waals surface area contributed by atoms with E-state index in [-0.39, 0.29) is 5.91 Å². The summed E-state index contributed by atoms with van der Waals surface area (Å²) in [5.41, 5.74) is 5.99. The molecule has 1 aliphatic rings. The molecule has 1 saturated carbocycles. The Kier molecular flexibility index (Phi) is 4.30. The fourth-order valence-corrected chi connectivity index (χ4v) is 2.70. The van der Waals surface area contributed by atoms with Crippen LogP contribution in [0.2, 0.25) is 0 Å². The topological polar surface area (TPSA) is 55.1 Å². The lowest BCUT2D eigenvalue weighted by molar-refractivity contribution is -0.125. The maximum absolute atomic E-state index is 12.0. The summed E-state index contributed by atoms with van der Waals surface area (Å²) < 4.78 is 0. The lowest BCUT2D eigenvalue weighted by Gasteiger charge is -2.32. The van der Waals surface area contributed by atoms with Crippen LogP contribution in [-0.4, -0.2) is 24.0 Å². The van der Waals surface area contributed by atoms with Gasteiger partial charge in [0.15, 0.2) is 0 Å². The molecule has 1 aliphatic carbocycles. The Morgan fingerprint density at radius 1 is 1.44 bits per heavy atom. The molecule has 0 spiro atoms. The van der Waals surface area contributed by atoms with Crippen LogP contribution in [0.25, 0.3) is 0 Å². The van der Waals surface area contributed by atoms with Crippen LogP contribution in [-0.2, 0) is 10.3 Å². The average molecular weight is 264 g/mol. The van der Waals surface area contributed by atoms with Gasteiger partial charge in [0, 0.05) is 6.04 Å². The number of thioether (sulfide) groups is 1. The Hall–Kier alpha value is -1.00. The van der Waals surface area contributed by atoms with Gasteiger partial charge in [-0.05, 0) is 36.8 Å². The second-order valence-electron chi connectivity index (χ2n) is 4.80. The molecule has 1 unspecified atom stereocenters. The van der Waals surface area contributed by atoms with Crippen molar-refractivity contribution in [3.05, 3.63) is 35.9 Å². The van der Waals surface area contributed by atoms with E-state index in [4.69, 9.17) is 5.73 Å². The monoisotopic (exact) mass is 264 g/mol. The van der Waals surface area contributed by atoms with Gasteiger partial charge < -0.3 is 5.73 Å². The number of hydrogen-bond donors (Lipinski definition) is 2. The van der Waals surface area contributed by atoms with Gasteiger partial charge in [0.1, 0.15) is 5.54 Å². The van der Waals surface area contributed by atoms with Gasteiger partial charge in [-0.2, -0.15) is 11.8 Å². The molecule has 98 valence electrons. The van der Waals surface area contributed by atoms with Crippen molar-refractivity contribution >= 4 is 17.7 Å². The van der Waals surface area contributed by atoms with E-state index in [2.05, 4.69) is 5.32 Å². The van der Waals surface area contributed by atoms with E-state index in [1.807, 2.05) is 36.6 Å². The highest BCUT2D eigenvalue weighted by atomic mass is 32.2. The number of primary amides is 1. The molecule has 1 amide bonds. The SMILES string of the molecule is CSCCC(NC1CC1)(C(N)=O)c1ccccc1. The third kappa shape index (κ3) is 2.87. The van der Waals surface area contributed by atoms with Gasteiger partial charge in [-0.1, -0.05) is 30.3 Å². The molecule has 1 aromatic carbocycles.